The topological polar surface area (TPSA) is 61.8 Å². The number of amides is 1. The summed E-state index contributed by atoms with van der Waals surface area (Å²) in [7, 11) is 0. The van der Waals surface area contributed by atoms with Crippen LogP contribution in [-0.2, 0) is 21.1 Å². The molecule has 5 nitrogen and oxygen atoms in total. The maximum absolute atomic E-state index is 13.0. The van der Waals surface area contributed by atoms with E-state index in [0.29, 0.717) is 38.5 Å². The highest BCUT2D eigenvalue weighted by atomic mass is 19.4. The van der Waals surface area contributed by atoms with E-state index in [1.807, 2.05) is 4.90 Å². The minimum atomic E-state index is -4.34. The molecule has 2 aliphatic heterocycles. The van der Waals surface area contributed by atoms with Crippen molar-refractivity contribution in [2.45, 2.75) is 49.7 Å². The number of carbonyl (C=O) groups excluding carboxylic acids is 1. The fraction of sp³-hybridized carbons (Fsp3) is 0.650. The van der Waals surface area contributed by atoms with Crippen molar-refractivity contribution in [2.75, 3.05) is 19.7 Å². The molecule has 3 unspecified atom stereocenters. The Labute approximate surface area is 160 Å². The van der Waals surface area contributed by atoms with E-state index in [4.69, 9.17) is 4.74 Å². The lowest BCUT2D eigenvalue weighted by Gasteiger charge is -2.44. The van der Waals surface area contributed by atoms with Crippen LogP contribution in [0, 0.1) is 18.8 Å². The van der Waals surface area contributed by atoms with Crippen molar-refractivity contribution in [3.63, 3.8) is 0 Å². The van der Waals surface area contributed by atoms with Gasteiger partial charge in [-0.15, -0.1) is 0 Å². The van der Waals surface area contributed by atoms with Crippen LogP contribution in [0.2, 0.25) is 0 Å². The van der Waals surface area contributed by atoms with Gasteiger partial charge in [-0.05, 0) is 49.3 Å². The fourth-order valence-electron chi connectivity index (χ4n) is 5.52. The van der Waals surface area contributed by atoms with Crippen molar-refractivity contribution in [1.82, 2.24) is 10.2 Å². The van der Waals surface area contributed by atoms with E-state index in [1.54, 1.807) is 12.1 Å². The second-order valence-corrected chi connectivity index (χ2v) is 9.00. The Bertz CT molecular complexity index is 836. The number of aliphatic hydroxyl groups excluding tert-OH is 1. The molecule has 2 heterocycles. The summed E-state index contributed by atoms with van der Waals surface area (Å²) >= 11 is 0. The van der Waals surface area contributed by atoms with Crippen LogP contribution in [0.1, 0.15) is 36.0 Å². The number of nitrogens with one attached hydrogen (secondary N) is 1. The number of rotatable bonds is 2. The van der Waals surface area contributed by atoms with Crippen LogP contribution in [0.25, 0.3) is 0 Å². The predicted octanol–water partition coefficient (Wildman–Crippen LogP) is 2.16. The van der Waals surface area contributed by atoms with Gasteiger partial charge in [-0.2, -0.15) is 13.2 Å². The van der Waals surface area contributed by atoms with Crippen molar-refractivity contribution in [1.29, 1.82) is 0 Å². The molecule has 0 radical (unpaired) electrons. The molecule has 2 saturated heterocycles. The van der Waals surface area contributed by atoms with Gasteiger partial charge in [0, 0.05) is 30.0 Å². The lowest BCUT2D eigenvalue weighted by atomic mass is 9.68. The van der Waals surface area contributed by atoms with Crippen LogP contribution in [0.15, 0.2) is 18.2 Å². The Morgan fingerprint density at radius 1 is 1.32 bits per heavy atom. The van der Waals surface area contributed by atoms with Crippen LogP contribution in [0.3, 0.4) is 0 Å². The first-order valence-corrected chi connectivity index (χ1v) is 9.66. The third-order valence-electron chi connectivity index (χ3n) is 7.13. The molecule has 2 N–H and O–H groups in total. The maximum atomic E-state index is 13.0. The number of halogens is 3. The van der Waals surface area contributed by atoms with E-state index in [2.05, 4.69) is 5.32 Å². The lowest BCUT2D eigenvalue weighted by molar-refractivity contribution is -0.140. The van der Waals surface area contributed by atoms with Crippen molar-refractivity contribution in [2.24, 2.45) is 11.8 Å². The average molecular weight is 396 g/mol. The number of carbonyl (C=O) groups is 1. The number of piperidine rings is 1. The summed E-state index contributed by atoms with van der Waals surface area (Å²) in [5.74, 6) is 0.366. The van der Waals surface area contributed by atoms with Gasteiger partial charge in [-0.1, -0.05) is 12.1 Å². The average Bonchev–Trinajstić information content (AvgIpc) is 2.95. The molecule has 2 aliphatic carbocycles. The molecule has 4 fully saturated rings. The number of ether oxygens (including phenoxy) is 1. The largest absolute Gasteiger partial charge is 0.416 e. The fourth-order valence-corrected chi connectivity index (χ4v) is 5.52. The second-order valence-electron chi connectivity index (χ2n) is 9.00. The monoisotopic (exact) mass is 396 g/mol. The van der Waals surface area contributed by atoms with E-state index < -0.39 is 18.2 Å². The number of fused-ring (bicyclic) bond motifs is 1. The second kappa shape index (κ2) is 5.70. The van der Waals surface area contributed by atoms with E-state index >= 15 is 0 Å². The molecular weight excluding hydrogens is 373 g/mol. The van der Waals surface area contributed by atoms with E-state index in [9.17, 15) is 23.1 Å². The Balaban J connectivity index is 1.27. The van der Waals surface area contributed by atoms with Gasteiger partial charge in [0.2, 0.25) is 12.3 Å². The van der Waals surface area contributed by atoms with Crippen LogP contribution in [-0.4, -0.2) is 47.6 Å². The number of hydrogen-bond acceptors (Lipinski definition) is 4. The molecule has 0 bridgehead atoms. The van der Waals surface area contributed by atoms with Gasteiger partial charge in [0.15, 0.2) is 0 Å². The lowest BCUT2D eigenvalue weighted by Crippen LogP contribution is -2.58. The summed E-state index contributed by atoms with van der Waals surface area (Å²) in [6.07, 6.45) is -3.07. The van der Waals surface area contributed by atoms with Crippen molar-refractivity contribution >= 4 is 5.91 Å². The van der Waals surface area contributed by atoms with E-state index in [0.717, 1.165) is 12.0 Å². The first-order chi connectivity index (χ1) is 13.1. The number of likely N-dealkylation sites (tertiary alicyclic amines) is 1. The normalized spacial score (nSPS) is 39.2. The summed E-state index contributed by atoms with van der Waals surface area (Å²) in [5.41, 5.74) is 0.0876. The van der Waals surface area contributed by atoms with Crippen LogP contribution in [0.4, 0.5) is 13.2 Å². The Hall–Kier alpha value is -1.64. The smallest absolute Gasteiger partial charge is 0.356 e. The number of hydrogen-bond donors (Lipinski definition) is 2. The number of nitrogens with zero attached hydrogens (tertiary/aromatic N) is 1. The van der Waals surface area contributed by atoms with Crippen molar-refractivity contribution < 1.29 is 27.8 Å². The molecular formula is C20H23F3N2O3. The molecule has 3 atom stereocenters. The Kier molecular flexibility index (Phi) is 3.75. The Morgan fingerprint density at radius 2 is 2.07 bits per heavy atom. The molecule has 152 valence electrons. The standard InChI is InChI=1S/C20H23F3N2O3/c1-11-4-13(2-3-15(11)20(21,22)23)19-7-14(19)8-25(9-19)16(26)12-5-18(6-12)10-28-17(27)24-18/h2-4,12,14,17,24,27H,5-10H2,1H3/t12-,14?,17?,18+,19?. The van der Waals surface area contributed by atoms with Gasteiger partial charge in [-0.3, -0.25) is 10.1 Å². The van der Waals surface area contributed by atoms with E-state index in [-0.39, 0.29) is 28.3 Å². The van der Waals surface area contributed by atoms with Gasteiger partial charge >= 0.3 is 6.18 Å². The third-order valence-corrected chi connectivity index (χ3v) is 7.13. The molecule has 28 heavy (non-hydrogen) atoms. The number of aryl methyl sites for hydroxylation is 1. The van der Waals surface area contributed by atoms with Crippen molar-refractivity contribution in [3.8, 4) is 0 Å². The zero-order valence-corrected chi connectivity index (χ0v) is 15.6. The molecule has 0 aromatic heterocycles. The van der Waals surface area contributed by atoms with Gasteiger partial charge in [-0.25, -0.2) is 0 Å². The summed E-state index contributed by atoms with van der Waals surface area (Å²) in [6, 6.07) is 4.41. The number of aliphatic hydroxyl groups is 1. The predicted molar refractivity (Wildman–Crippen MR) is 93.1 cm³/mol. The van der Waals surface area contributed by atoms with Gasteiger partial charge < -0.3 is 14.7 Å². The molecule has 1 aromatic rings. The summed E-state index contributed by atoms with van der Waals surface area (Å²) in [4.78, 5) is 14.8. The molecule has 1 aromatic carbocycles. The zero-order chi connectivity index (χ0) is 19.9. The maximum Gasteiger partial charge on any atom is 0.416 e. The first-order valence-electron chi connectivity index (χ1n) is 9.66. The molecule has 5 rings (SSSR count). The van der Waals surface area contributed by atoms with Crippen LogP contribution < -0.4 is 5.32 Å². The molecule has 1 amide bonds. The molecule has 2 saturated carbocycles. The highest BCUT2D eigenvalue weighted by molar-refractivity contribution is 5.81. The molecule has 8 heteroatoms. The quantitative estimate of drug-likeness (QED) is 0.804. The minimum absolute atomic E-state index is 0.0784. The van der Waals surface area contributed by atoms with Gasteiger partial charge in [0.05, 0.1) is 12.2 Å². The minimum Gasteiger partial charge on any atom is -0.356 e. The van der Waals surface area contributed by atoms with Crippen molar-refractivity contribution in [3.05, 3.63) is 34.9 Å². The van der Waals surface area contributed by atoms with Crippen LogP contribution in [0.5, 0.6) is 0 Å². The molecule has 1 spiro atoms. The van der Waals surface area contributed by atoms with Gasteiger partial charge in [0.25, 0.3) is 0 Å². The number of benzene rings is 1. The summed E-state index contributed by atoms with van der Waals surface area (Å²) < 4.78 is 44.2. The number of alkyl halides is 3. The van der Waals surface area contributed by atoms with Gasteiger partial charge in [0.1, 0.15) is 0 Å². The third kappa shape index (κ3) is 2.69. The molecule has 4 aliphatic rings. The van der Waals surface area contributed by atoms with Crippen LogP contribution >= 0.6 is 0 Å². The highest BCUT2D eigenvalue weighted by Gasteiger charge is 2.63. The SMILES string of the molecule is Cc1cc(C23CC2CN(C(=O)[C@H]2C[C@]4(COC(O)N4)C2)C3)ccc1C(F)(F)F. The zero-order valence-electron chi connectivity index (χ0n) is 15.6. The van der Waals surface area contributed by atoms with E-state index in [1.165, 1.54) is 13.0 Å². The highest BCUT2D eigenvalue weighted by Crippen LogP contribution is 2.60. The summed E-state index contributed by atoms with van der Waals surface area (Å²) in [6.45, 7) is 3.17. The summed E-state index contributed by atoms with van der Waals surface area (Å²) in [5, 5.41) is 12.4. The Morgan fingerprint density at radius 3 is 2.68 bits per heavy atom. The first kappa shape index (κ1) is 18.4.